The summed E-state index contributed by atoms with van der Waals surface area (Å²) in [5, 5.41) is 3.47. The molecule has 1 atom stereocenters. The Morgan fingerprint density at radius 1 is 1.06 bits per heavy atom. The highest BCUT2D eigenvalue weighted by atomic mass is 15.2. The van der Waals surface area contributed by atoms with Gasteiger partial charge >= 0.3 is 0 Å². The Kier molecular flexibility index (Phi) is 5.97. The van der Waals surface area contributed by atoms with Crippen molar-refractivity contribution in [2.75, 3.05) is 26.2 Å². The molecule has 0 radical (unpaired) electrons. The molecule has 0 aromatic carbocycles. The fourth-order valence-corrected chi connectivity index (χ4v) is 3.67. The van der Waals surface area contributed by atoms with Gasteiger partial charge in [0.2, 0.25) is 0 Å². The lowest BCUT2D eigenvalue weighted by atomic mass is 9.87. The lowest BCUT2D eigenvalue weighted by Crippen LogP contribution is -2.39. The molecule has 2 aliphatic heterocycles. The van der Waals surface area contributed by atoms with E-state index < -0.39 is 0 Å². The molecule has 2 nitrogen and oxygen atoms in total. The maximum atomic E-state index is 3.47. The van der Waals surface area contributed by atoms with E-state index >= 15 is 0 Å². The van der Waals surface area contributed by atoms with Crippen molar-refractivity contribution in [3.05, 3.63) is 0 Å². The molecule has 0 aromatic heterocycles. The van der Waals surface area contributed by atoms with Crippen molar-refractivity contribution in [3.8, 4) is 0 Å². The molecule has 2 heterocycles. The van der Waals surface area contributed by atoms with Crippen LogP contribution in [0.2, 0.25) is 0 Å². The van der Waals surface area contributed by atoms with E-state index in [-0.39, 0.29) is 0 Å². The molecular weight excluding hydrogens is 220 g/mol. The third kappa shape index (κ3) is 4.55. The molecule has 2 fully saturated rings. The Bertz CT molecular complexity index is 221. The summed E-state index contributed by atoms with van der Waals surface area (Å²) in [6, 6.07) is 0.747. The van der Waals surface area contributed by atoms with Gasteiger partial charge < -0.3 is 10.2 Å². The van der Waals surface area contributed by atoms with Gasteiger partial charge in [-0.3, -0.25) is 0 Å². The molecule has 0 spiro atoms. The van der Waals surface area contributed by atoms with Crippen LogP contribution in [0.3, 0.4) is 0 Å². The zero-order valence-corrected chi connectivity index (χ0v) is 12.5. The fraction of sp³-hybridized carbons (Fsp3) is 1.00. The van der Waals surface area contributed by atoms with Crippen molar-refractivity contribution in [1.29, 1.82) is 0 Å². The molecule has 2 aliphatic rings. The van der Waals surface area contributed by atoms with Gasteiger partial charge in [0.25, 0.3) is 0 Å². The van der Waals surface area contributed by atoms with Gasteiger partial charge in [-0.25, -0.2) is 0 Å². The lowest BCUT2D eigenvalue weighted by Gasteiger charge is -2.35. The Morgan fingerprint density at radius 3 is 2.50 bits per heavy atom. The zero-order chi connectivity index (χ0) is 12.8. The Balaban J connectivity index is 1.60. The van der Waals surface area contributed by atoms with Crippen LogP contribution in [0.1, 0.15) is 58.8 Å². The Morgan fingerprint density at radius 2 is 1.78 bits per heavy atom. The monoisotopic (exact) mass is 252 g/mol. The Labute approximate surface area is 114 Å². The van der Waals surface area contributed by atoms with Gasteiger partial charge in [-0.2, -0.15) is 0 Å². The number of piperidine rings is 2. The highest BCUT2D eigenvalue weighted by molar-refractivity contribution is 4.76. The highest BCUT2D eigenvalue weighted by Crippen LogP contribution is 2.25. The third-order valence-corrected chi connectivity index (χ3v) is 4.96. The summed E-state index contributed by atoms with van der Waals surface area (Å²) in [5.74, 6) is 2.01. The second-order valence-electron chi connectivity index (χ2n) is 6.72. The second-order valence-corrected chi connectivity index (χ2v) is 6.72. The SMILES string of the molecule is CC(C)N1CCCC(CCCC2CCNCC2)C1. The van der Waals surface area contributed by atoms with Crippen molar-refractivity contribution in [1.82, 2.24) is 10.2 Å². The second kappa shape index (κ2) is 7.49. The smallest absolute Gasteiger partial charge is 0.00387 e. The molecule has 1 unspecified atom stereocenters. The van der Waals surface area contributed by atoms with E-state index in [4.69, 9.17) is 0 Å². The Hall–Kier alpha value is -0.0800. The largest absolute Gasteiger partial charge is 0.317 e. The van der Waals surface area contributed by atoms with Crippen LogP contribution in [0.4, 0.5) is 0 Å². The summed E-state index contributed by atoms with van der Waals surface area (Å²) in [7, 11) is 0. The van der Waals surface area contributed by atoms with Crippen LogP contribution in [0.15, 0.2) is 0 Å². The van der Waals surface area contributed by atoms with Gasteiger partial charge in [0.1, 0.15) is 0 Å². The first kappa shape index (κ1) is 14.3. The minimum atomic E-state index is 0.747. The molecule has 2 rings (SSSR count). The summed E-state index contributed by atoms with van der Waals surface area (Å²) >= 11 is 0. The maximum Gasteiger partial charge on any atom is 0.00387 e. The highest BCUT2D eigenvalue weighted by Gasteiger charge is 2.21. The van der Waals surface area contributed by atoms with Crippen LogP contribution in [0, 0.1) is 11.8 Å². The molecular formula is C16H32N2. The number of hydrogen-bond donors (Lipinski definition) is 1. The van der Waals surface area contributed by atoms with Crippen molar-refractivity contribution < 1.29 is 0 Å². The fourth-order valence-electron chi connectivity index (χ4n) is 3.67. The molecule has 2 heteroatoms. The van der Waals surface area contributed by atoms with Crippen LogP contribution >= 0.6 is 0 Å². The van der Waals surface area contributed by atoms with E-state index in [9.17, 15) is 0 Å². The summed E-state index contributed by atoms with van der Waals surface area (Å²) < 4.78 is 0. The van der Waals surface area contributed by atoms with Crippen molar-refractivity contribution >= 4 is 0 Å². The van der Waals surface area contributed by atoms with Crippen LogP contribution < -0.4 is 5.32 Å². The van der Waals surface area contributed by atoms with E-state index in [1.807, 2.05) is 0 Å². The normalized spacial score (nSPS) is 27.8. The quantitative estimate of drug-likeness (QED) is 0.808. The van der Waals surface area contributed by atoms with Crippen LogP contribution in [-0.2, 0) is 0 Å². The van der Waals surface area contributed by atoms with E-state index in [0.29, 0.717) is 0 Å². The number of rotatable bonds is 5. The average Bonchev–Trinajstić information content (AvgIpc) is 2.40. The molecule has 0 saturated carbocycles. The third-order valence-electron chi connectivity index (χ3n) is 4.96. The summed E-state index contributed by atoms with van der Waals surface area (Å²) in [4.78, 5) is 2.68. The predicted octanol–water partition coefficient (Wildman–Crippen LogP) is 3.28. The molecule has 18 heavy (non-hydrogen) atoms. The molecule has 0 aromatic rings. The van der Waals surface area contributed by atoms with Crippen molar-refractivity contribution in [2.24, 2.45) is 11.8 Å². The van der Waals surface area contributed by atoms with Gasteiger partial charge in [-0.05, 0) is 77.4 Å². The first-order valence-corrected chi connectivity index (χ1v) is 8.20. The van der Waals surface area contributed by atoms with Gasteiger partial charge in [-0.15, -0.1) is 0 Å². The topological polar surface area (TPSA) is 15.3 Å². The molecule has 0 bridgehead atoms. The molecule has 2 saturated heterocycles. The van der Waals surface area contributed by atoms with E-state index in [1.165, 1.54) is 71.1 Å². The van der Waals surface area contributed by atoms with Crippen molar-refractivity contribution in [3.63, 3.8) is 0 Å². The minimum absolute atomic E-state index is 0.747. The van der Waals surface area contributed by atoms with Crippen LogP contribution in [0.5, 0.6) is 0 Å². The first-order chi connectivity index (χ1) is 8.75. The summed E-state index contributed by atoms with van der Waals surface area (Å²) in [5.41, 5.74) is 0. The van der Waals surface area contributed by atoms with Gasteiger partial charge in [0, 0.05) is 12.6 Å². The van der Waals surface area contributed by atoms with Crippen LogP contribution in [-0.4, -0.2) is 37.1 Å². The first-order valence-electron chi connectivity index (χ1n) is 8.20. The number of nitrogens with one attached hydrogen (secondary N) is 1. The molecule has 1 N–H and O–H groups in total. The zero-order valence-electron chi connectivity index (χ0n) is 12.5. The van der Waals surface area contributed by atoms with Gasteiger partial charge in [0.15, 0.2) is 0 Å². The molecule has 0 aliphatic carbocycles. The van der Waals surface area contributed by atoms with Crippen LogP contribution in [0.25, 0.3) is 0 Å². The van der Waals surface area contributed by atoms with E-state index in [0.717, 1.165) is 17.9 Å². The standard InChI is InChI=1S/C16H32N2/c1-14(2)18-12-4-7-16(13-18)6-3-5-15-8-10-17-11-9-15/h14-17H,3-13H2,1-2H3. The van der Waals surface area contributed by atoms with E-state index in [1.54, 1.807) is 0 Å². The summed E-state index contributed by atoms with van der Waals surface area (Å²) in [6.45, 7) is 9.91. The average molecular weight is 252 g/mol. The minimum Gasteiger partial charge on any atom is -0.317 e. The molecule has 0 amide bonds. The number of likely N-dealkylation sites (tertiary alicyclic amines) is 1. The van der Waals surface area contributed by atoms with Gasteiger partial charge in [0.05, 0.1) is 0 Å². The predicted molar refractivity (Wildman–Crippen MR) is 78.9 cm³/mol. The maximum absolute atomic E-state index is 3.47. The van der Waals surface area contributed by atoms with Gasteiger partial charge in [-0.1, -0.05) is 12.8 Å². The summed E-state index contributed by atoms with van der Waals surface area (Å²) in [6.07, 6.45) is 10.2. The lowest BCUT2D eigenvalue weighted by molar-refractivity contribution is 0.132. The van der Waals surface area contributed by atoms with E-state index in [2.05, 4.69) is 24.1 Å². The van der Waals surface area contributed by atoms with Crippen molar-refractivity contribution in [2.45, 2.75) is 64.8 Å². The number of hydrogen-bond acceptors (Lipinski definition) is 2. The molecule has 106 valence electrons. The number of nitrogens with zero attached hydrogens (tertiary/aromatic N) is 1.